The summed E-state index contributed by atoms with van der Waals surface area (Å²) < 4.78 is 7.51. The fourth-order valence-corrected chi connectivity index (χ4v) is 3.63. The van der Waals surface area contributed by atoms with Gasteiger partial charge in [-0.3, -0.25) is 10.4 Å². The zero-order chi connectivity index (χ0) is 21.8. The van der Waals surface area contributed by atoms with Gasteiger partial charge in [0.05, 0.1) is 32.3 Å². The van der Waals surface area contributed by atoms with Crippen molar-refractivity contribution in [2.75, 3.05) is 36.6 Å². The van der Waals surface area contributed by atoms with Crippen molar-refractivity contribution in [3.05, 3.63) is 71.8 Å². The fourth-order valence-electron chi connectivity index (χ4n) is 3.63. The van der Waals surface area contributed by atoms with Gasteiger partial charge in [0.2, 0.25) is 5.95 Å². The van der Waals surface area contributed by atoms with Crippen LogP contribution >= 0.6 is 0 Å². The molecule has 1 aromatic carbocycles. The number of fused-ring (bicyclic) bond motifs is 1. The van der Waals surface area contributed by atoms with E-state index in [1.807, 2.05) is 28.8 Å². The van der Waals surface area contributed by atoms with Crippen molar-refractivity contribution in [1.29, 1.82) is 0 Å². The monoisotopic (exact) mass is 428 g/mol. The third-order valence-corrected chi connectivity index (χ3v) is 5.27. The number of nitrogens with zero attached hydrogens (tertiary/aromatic N) is 7. The lowest BCUT2D eigenvalue weighted by molar-refractivity contribution is 0.122. The standard InChI is InChI=1S/C23H24N8O/c1-17-3-2-4-19(13-17)14-26-29-21-20-22(28-23(27-21)30-9-11-32-12-10-30)31(16-25-20)15-18-5-7-24-8-6-18/h2-8,13-14,16H,9-12,15H2,1H3,(H,27,28,29)/b26-14+. The molecule has 0 atom stereocenters. The highest BCUT2D eigenvalue weighted by molar-refractivity contribution is 5.86. The van der Waals surface area contributed by atoms with Crippen molar-refractivity contribution in [2.45, 2.75) is 13.5 Å². The molecule has 4 aromatic rings. The van der Waals surface area contributed by atoms with Crippen molar-refractivity contribution in [1.82, 2.24) is 24.5 Å². The van der Waals surface area contributed by atoms with Gasteiger partial charge in [-0.2, -0.15) is 15.1 Å². The molecule has 9 heteroatoms. The van der Waals surface area contributed by atoms with Gasteiger partial charge in [-0.1, -0.05) is 29.8 Å². The number of nitrogens with one attached hydrogen (secondary N) is 1. The molecule has 0 unspecified atom stereocenters. The van der Waals surface area contributed by atoms with E-state index in [4.69, 9.17) is 14.7 Å². The Kier molecular flexibility index (Phi) is 5.71. The predicted molar refractivity (Wildman–Crippen MR) is 124 cm³/mol. The molecule has 0 saturated carbocycles. The Labute approximate surface area is 185 Å². The van der Waals surface area contributed by atoms with E-state index < -0.39 is 0 Å². The number of rotatable bonds is 6. The number of pyridine rings is 1. The molecule has 32 heavy (non-hydrogen) atoms. The second kappa shape index (κ2) is 9.11. The summed E-state index contributed by atoms with van der Waals surface area (Å²) in [6.07, 6.45) is 7.15. The van der Waals surface area contributed by atoms with E-state index >= 15 is 0 Å². The number of hydrogen-bond acceptors (Lipinski definition) is 8. The number of aryl methyl sites for hydroxylation is 1. The van der Waals surface area contributed by atoms with Gasteiger partial charge in [0.15, 0.2) is 17.0 Å². The fraction of sp³-hybridized carbons (Fsp3) is 0.261. The van der Waals surface area contributed by atoms with Crippen LogP contribution in [0.15, 0.2) is 60.2 Å². The minimum Gasteiger partial charge on any atom is -0.378 e. The van der Waals surface area contributed by atoms with Crippen LogP contribution in [0.1, 0.15) is 16.7 Å². The lowest BCUT2D eigenvalue weighted by Crippen LogP contribution is -2.37. The lowest BCUT2D eigenvalue weighted by atomic mass is 10.2. The van der Waals surface area contributed by atoms with Crippen molar-refractivity contribution < 1.29 is 4.74 Å². The summed E-state index contributed by atoms with van der Waals surface area (Å²) in [5.74, 6) is 1.22. The Balaban J connectivity index is 1.49. The van der Waals surface area contributed by atoms with Gasteiger partial charge in [0.1, 0.15) is 0 Å². The van der Waals surface area contributed by atoms with Crippen LogP contribution in [-0.2, 0) is 11.3 Å². The SMILES string of the molecule is Cc1cccc(/C=N/Nc2nc(N3CCOCC3)nc3c2ncn3Cc2ccncc2)c1. The molecule has 0 amide bonds. The summed E-state index contributed by atoms with van der Waals surface area (Å²) in [6.45, 7) is 5.51. The van der Waals surface area contributed by atoms with E-state index in [2.05, 4.69) is 44.5 Å². The van der Waals surface area contributed by atoms with Crippen molar-refractivity contribution >= 4 is 29.1 Å². The molecule has 0 radical (unpaired) electrons. The first-order chi connectivity index (χ1) is 15.8. The van der Waals surface area contributed by atoms with Crippen LogP contribution in [0, 0.1) is 6.92 Å². The molecule has 5 rings (SSSR count). The molecular formula is C23H24N8O. The minimum absolute atomic E-state index is 0.578. The molecule has 0 aliphatic carbocycles. The van der Waals surface area contributed by atoms with Crippen LogP contribution in [0.4, 0.5) is 11.8 Å². The highest BCUT2D eigenvalue weighted by Crippen LogP contribution is 2.24. The quantitative estimate of drug-likeness (QED) is 0.373. The maximum absolute atomic E-state index is 5.49. The number of hydrogen-bond donors (Lipinski definition) is 1. The summed E-state index contributed by atoms with van der Waals surface area (Å²) >= 11 is 0. The topological polar surface area (TPSA) is 93.4 Å². The Morgan fingerprint density at radius 3 is 2.78 bits per heavy atom. The summed E-state index contributed by atoms with van der Waals surface area (Å²) in [5, 5.41) is 4.42. The van der Waals surface area contributed by atoms with Crippen LogP contribution in [0.25, 0.3) is 11.2 Å². The van der Waals surface area contributed by atoms with Crippen LogP contribution < -0.4 is 10.3 Å². The molecule has 1 saturated heterocycles. The first kappa shape index (κ1) is 20.1. The Morgan fingerprint density at radius 2 is 1.97 bits per heavy atom. The van der Waals surface area contributed by atoms with Gasteiger partial charge >= 0.3 is 0 Å². The number of ether oxygens (including phenoxy) is 1. The maximum atomic E-state index is 5.49. The Bertz CT molecular complexity index is 1230. The molecule has 0 spiro atoms. The zero-order valence-electron chi connectivity index (χ0n) is 17.8. The average molecular weight is 429 g/mol. The number of aromatic nitrogens is 5. The zero-order valence-corrected chi connectivity index (χ0v) is 17.8. The second-order valence-electron chi connectivity index (χ2n) is 7.66. The van der Waals surface area contributed by atoms with E-state index in [1.54, 1.807) is 24.9 Å². The maximum Gasteiger partial charge on any atom is 0.229 e. The number of morpholine rings is 1. The third-order valence-electron chi connectivity index (χ3n) is 5.27. The van der Waals surface area contributed by atoms with Gasteiger partial charge in [-0.15, -0.1) is 0 Å². The van der Waals surface area contributed by atoms with E-state index in [1.165, 1.54) is 5.56 Å². The summed E-state index contributed by atoms with van der Waals surface area (Å²) in [5.41, 5.74) is 7.84. The predicted octanol–water partition coefficient (Wildman–Crippen LogP) is 2.86. The van der Waals surface area contributed by atoms with Gasteiger partial charge in [0, 0.05) is 25.5 Å². The van der Waals surface area contributed by atoms with Crippen LogP contribution in [0.2, 0.25) is 0 Å². The Hall–Kier alpha value is -3.85. The smallest absolute Gasteiger partial charge is 0.229 e. The number of benzene rings is 1. The van der Waals surface area contributed by atoms with Crippen molar-refractivity contribution in [3.8, 4) is 0 Å². The largest absolute Gasteiger partial charge is 0.378 e. The van der Waals surface area contributed by atoms with Gasteiger partial charge < -0.3 is 14.2 Å². The minimum atomic E-state index is 0.578. The lowest BCUT2D eigenvalue weighted by Gasteiger charge is -2.27. The van der Waals surface area contributed by atoms with Crippen molar-refractivity contribution in [2.24, 2.45) is 5.10 Å². The summed E-state index contributed by atoms with van der Waals surface area (Å²) in [6, 6.07) is 12.1. The number of hydrazone groups is 1. The van der Waals surface area contributed by atoms with E-state index in [0.717, 1.165) is 29.9 Å². The molecular weight excluding hydrogens is 404 g/mol. The highest BCUT2D eigenvalue weighted by atomic mass is 16.5. The molecule has 1 N–H and O–H groups in total. The second-order valence-corrected chi connectivity index (χ2v) is 7.66. The first-order valence-corrected chi connectivity index (χ1v) is 10.6. The van der Waals surface area contributed by atoms with Crippen molar-refractivity contribution in [3.63, 3.8) is 0 Å². The molecule has 3 aromatic heterocycles. The van der Waals surface area contributed by atoms with E-state index in [-0.39, 0.29) is 0 Å². The molecule has 4 heterocycles. The molecule has 0 bridgehead atoms. The molecule has 1 aliphatic heterocycles. The Morgan fingerprint density at radius 1 is 1.12 bits per heavy atom. The van der Waals surface area contributed by atoms with Crippen LogP contribution in [0.3, 0.4) is 0 Å². The van der Waals surface area contributed by atoms with E-state index in [9.17, 15) is 0 Å². The number of imidazole rings is 1. The van der Waals surface area contributed by atoms with Gasteiger partial charge in [-0.05, 0) is 30.2 Å². The summed E-state index contributed by atoms with van der Waals surface area (Å²) in [7, 11) is 0. The average Bonchev–Trinajstić information content (AvgIpc) is 3.23. The van der Waals surface area contributed by atoms with Crippen LogP contribution in [-0.4, -0.2) is 57.0 Å². The normalized spacial score (nSPS) is 14.3. The molecule has 1 aliphatic rings. The third kappa shape index (κ3) is 4.42. The van der Waals surface area contributed by atoms with E-state index in [0.29, 0.717) is 37.0 Å². The van der Waals surface area contributed by atoms with Gasteiger partial charge in [0.25, 0.3) is 0 Å². The highest BCUT2D eigenvalue weighted by Gasteiger charge is 2.19. The molecule has 9 nitrogen and oxygen atoms in total. The molecule has 1 fully saturated rings. The van der Waals surface area contributed by atoms with Gasteiger partial charge in [-0.25, -0.2) is 4.98 Å². The molecule has 162 valence electrons. The number of anilines is 2. The first-order valence-electron chi connectivity index (χ1n) is 10.6. The van der Waals surface area contributed by atoms with Crippen LogP contribution in [0.5, 0.6) is 0 Å². The summed E-state index contributed by atoms with van der Waals surface area (Å²) in [4.78, 5) is 20.4.